The second kappa shape index (κ2) is 5.31. The summed E-state index contributed by atoms with van der Waals surface area (Å²) in [4.78, 5) is 20.1. The maximum atomic E-state index is 11.1. The molecule has 0 radical (unpaired) electrons. The van der Waals surface area contributed by atoms with Gasteiger partial charge in [0.15, 0.2) is 0 Å². The van der Waals surface area contributed by atoms with Crippen LogP contribution in [0.5, 0.6) is 0 Å². The van der Waals surface area contributed by atoms with Crippen LogP contribution in [0, 0.1) is 24.0 Å². The van der Waals surface area contributed by atoms with E-state index in [0.29, 0.717) is 5.56 Å². The number of thiazole rings is 1. The zero-order valence-corrected chi connectivity index (χ0v) is 11.7. The molecule has 0 saturated carbocycles. The highest BCUT2D eigenvalue weighted by molar-refractivity contribution is 7.11. The summed E-state index contributed by atoms with van der Waals surface area (Å²) in [6, 6.07) is 1.51. The smallest absolute Gasteiger partial charge is 0.314 e. The average Bonchev–Trinajstić information content (AvgIpc) is 2.75. The number of hydrogen-bond donors (Lipinski definition) is 1. The van der Waals surface area contributed by atoms with Crippen LogP contribution in [0.1, 0.15) is 28.4 Å². The first-order valence-electron chi connectivity index (χ1n) is 5.78. The Morgan fingerprint density at radius 3 is 2.74 bits per heavy atom. The standard InChI is InChI=1S/C12H14N4O2S/c1-7-4-5-13-11(10(7)16(17)18)15-9(3)12-14-6-8(2)19-12/h4-6,9H,1-3H3,(H,13,15). The number of nitro groups is 1. The van der Waals surface area contributed by atoms with E-state index in [2.05, 4.69) is 15.3 Å². The summed E-state index contributed by atoms with van der Waals surface area (Å²) in [5.41, 5.74) is 0.604. The van der Waals surface area contributed by atoms with Gasteiger partial charge in [-0.05, 0) is 26.8 Å². The topological polar surface area (TPSA) is 81.0 Å². The van der Waals surface area contributed by atoms with Crippen LogP contribution in [-0.4, -0.2) is 14.9 Å². The van der Waals surface area contributed by atoms with Crippen molar-refractivity contribution < 1.29 is 4.92 Å². The fraction of sp³-hybridized carbons (Fsp3) is 0.333. The van der Waals surface area contributed by atoms with Crippen LogP contribution in [0.25, 0.3) is 0 Å². The van der Waals surface area contributed by atoms with Gasteiger partial charge in [0.05, 0.1) is 11.0 Å². The number of nitrogens with one attached hydrogen (secondary N) is 1. The number of nitrogens with zero attached hydrogens (tertiary/aromatic N) is 3. The van der Waals surface area contributed by atoms with E-state index in [-0.39, 0.29) is 17.5 Å². The van der Waals surface area contributed by atoms with Crippen molar-refractivity contribution in [3.8, 4) is 0 Å². The van der Waals surface area contributed by atoms with Gasteiger partial charge in [-0.2, -0.15) is 0 Å². The van der Waals surface area contributed by atoms with Gasteiger partial charge in [-0.1, -0.05) is 0 Å². The van der Waals surface area contributed by atoms with Crippen molar-refractivity contribution in [2.75, 3.05) is 5.32 Å². The van der Waals surface area contributed by atoms with Crippen LogP contribution in [0.2, 0.25) is 0 Å². The molecule has 2 aromatic rings. The molecule has 19 heavy (non-hydrogen) atoms. The Bertz CT molecular complexity index is 612. The minimum Gasteiger partial charge on any atom is -0.355 e. The number of aromatic nitrogens is 2. The lowest BCUT2D eigenvalue weighted by Gasteiger charge is -2.12. The van der Waals surface area contributed by atoms with Crippen molar-refractivity contribution in [1.82, 2.24) is 9.97 Å². The van der Waals surface area contributed by atoms with E-state index in [1.54, 1.807) is 36.7 Å². The van der Waals surface area contributed by atoms with Gasteiger partial charge in [-0.15, -0.1) is 11.3 Å². The van der Waals surface area contributed by atoms with Crippen molar-refractivity contribution in [2.45, 2.75) is 26.8 Å². The van der Waals surface area contributed by atoms with E-state index in [4.69, 9.17) is 0 Å². The van der Waals surface area contributed by atoms with Crippen LogP contribution >= 0.6 is 11.3 Å². The van der Waals surface area contributed by atoms with E-state index < -0.39 is 4.92 Å². The fourth-order valence-corrected chi connectivity index (χ4v) is 2.50. The van der Waals surface area contributed by atoms with E-state index in [1.807, 2.05) is 13.8 Å². The maximum Gasteiger partial charge on any atom is 0.314 e. The Labute approximate surface area is 114 Å². The highest BCUT2D eigenvalue weighted by atomic mass is 32.1. The third-order valence-corrected chi connectivity index (χ3v) is 3.77. The Morgan fingerprint density at radius 2 is 2.16 bits per heavy atom. The number of rotatable bonds is 4. The van der Waals surface area contributed by atoms with Crippen LogP contribution in [0.3, 0.4) is 0 Å². The lowest BCUT2D eigenvalue weighted by Crippen LogP contribution is -2.10. The monoisotopic (exact) mass is 278 g/mol. The van der Waals surface area contributed by atoms with Gasteiger partial charge >= 0.3 is 5.69 Å². The highest BCUT2D eigenvalue weighted by Gasteiger charge is 2.21. The first kappa shape index (κ1) is 13.4. The predicted molar refractivity (Wildman–Crippen MR) is 74.5 cm³/mol. The fourth-order valence-electron chi connectivity index (χ4n) is 1.73. The van der Waals surface area contributed by atoms with Crippen LogP contribution in [-0.2, 0) is 0 Å². The first-order valence-corrected chi connectivity index (χ1v) is 6.59. The van der Waals surface area contributed by atoms with Gasteiger partial charge in [0.1, 0.15) is 5.01 Å². The minimum atomic E-state index is -0.412. The molecule has 0 aliphatic rings. The molecule has 1 unspecified atom stereocenters. The van der Waals surface area contributed by atoms with Crippen molar-refractivity contribution in [2.24, 2.45) is 0 Å². The van der Waals surface area contributed by atoms with Gasteiger partial charge in [0.2, 0.25) is 5.82 Å². The molecule has 1 N–H and O–H groups in total. The quantitative estimate of drug-likeness (QED) is 0.686. The highest BCUT2D eigenvalue weighted by Crippen LogP contribution is 2.29. The largest absolute Gasteiger partial charge is 0.355 e. The van der Waals surface area contributed by atoms with E-state index in [1.165, 1.54) is 0 Å². The number of anilines is 1. The average molecular weight is 278 g/mol. The Morgan fingerprint density at radius 1 is 1.42 bits per heavy atom. The van der Waals surface area contributed by atoms with E-state index >= 15 is 0 Å². The maximum absolute atomic E-state index is 11.1. The van der Waals surface area contributed by atoms with Crippen molar-refractivity contribution in [1.29, 1.82) is 0 Å². The van der Waals surface area contributed by atoms with Crippen LogP contribution in [0.4, 0.5) is 11.5 Å². The molecule has 1 atom stereocenters. The number of pyridine rings is 1. The van der Waals surface area contributed by atoms with Gasteiger partial charge < -0.3 is 5.32 Å². The summed E-state index contributed by atoms with van der Waals surface area (Å²) >= 11 is 1.56. The first-order chi connectivity index (χ1) is 8.99. The Kier molecular flexibility index (Phi) is 3.75. The van der Waals surface area contributed by atoms with Gasteiger partial charge in [0.25, 0.3) is 0 Å². The Balaban J connectivity index is 2.28. The zero-order chi connectivity index (χ0) is 14.0. The molecule has 0 aliphatic carbocycles. The zero-order valence-electron chi connectivity index (χ0n) is 10.9. The van der Waals surface area contributed by atoms with Gasteiger partial charge in [0, 0.05) is 22.8 Å². The van der Waals surface area contributed by atoms with Crippen molar-refractivity contribution >= 4 is 22.8 Å². The molecule has 6 nitrogen and oxygen atoms in total. The molecule has 0 amide bonds. The summed E-state index contributed by atoms with van der Waals surface area (Å²) in [7, 11) is 0. The third-order valence-electron chi connectivity index (χ3n) is 2.67. The normalized spacial score (nSPS) is 12.2. The molecule has 0 fully saturated rings. The van der Waals surface area contributed by atoms with E-state index in [9.17, 15) is 10.1 Å². The summed E-state index contributed by atoms with van der Waals surface area (Å²) in [5, 5.41) is 15.0. The second-order valence-corrected chi connectivity index (χ2v) is 5.52. The van der Waals surface area contributed by atoms with E-state index in [0.717, 1.165) is 9.88 Å². The SMILES string of the molecule is Cc1cnc(C(C)Nc2nccc(C)c2[N+](=O)[O-])s1. The summed E-state index contributed by atoms with van der Waals surface area (Å²) in [6.45, 7) is 5.58. The molecular weight excluding hydrogens is 264 g/mol. The predicted octanol–water partition coefficient (Wildman–Crippen LogP) is 3.24. The molecule has 0 saturated heterocycles. The van der Waals surface area contributed by atoms with Crippen LogP contribution < -0.4 is 5.32 Å². The molecule has 0 aliphatic heterocycles. The molecule has 100 valence electrons. The molecule has 0 aromatic carbocycles. The van der Waals surface area contributed by atoms with Crippen molar-refractivity contribution in [3.63, 3.8) is 0 Å². The molecule has 2 aromatic heterocycles. The summed E-state index contributed by atoms with van der Waals surface area (Å²) in [5.74, 6) is 0.283. The van der Waals surface area contributed by atoms with Gasteiger partial charge in [-0.25, -0.2) is 9.97 Å². The minimum absolute atomic E-state index is 0.0163. The molecule has 0 bridgehead atoms. The third kappa shape index (κ3) is 2.87. The van der Waals surface area contributed by atoms with Gasteiger partial charge in [-0.3, -0.25) is 10.1 Å². The molecule has 0 spiro atoms. The summed E-state index contributed by atoms with van der Waals surface area (Å²) < 4.78 is 0. The molecule has 7 heteroatoms. The molecular formula is C12H14N4O2S. The number of hydrogen-bond acceptors (Lipinski definition) is 6. The number of aryl methyl sites for hydroxylation is 2. The second-order valence-electron chi connectivity index (χ2n) is 4.26. The lowest BCUT2D eigenvalue weighted by atomic mass is 10.2. The molecule has 2 heterocycles. The Hall–Kier alpha value is -2.02. The van der Waals surface area contributed by atoms with Crippen LogP contribution in [0.15, 0.2) is 18.5 Å². The molecule has 2 rings (SSSR count). The summed E-state index contributed by atoms with van der Waals surface area (Å²) in [6.07, 6.45) is 3.35. The van der Waals surface area contributed by atoms with Crippen molar-refractivity contribution in [3.05, 3.63) is 44.0 Å². The lowest BCUT2D eigenvalue weighted by molar-refractivity contribution is -0.384.